The van der Waals surface area contributed by atoms with Crippen molar-refractivity contribution in [2.75, 3.05) is 18.4 Å². The first-order valence-electron chi connectivity index (χ1n) is 9.91. The van der Waals surface area contributed by atoms with Gasteiger partial charge in [-0.2, -0.15) is 10.1 Å². The highest BCUT2D eigenvalue weighted by Gasteiger charge is 2.24. The van der Waals surface area contributed by atoms with Crippen LogP contribution in [0.25, 0.3) is 11.0 Å². The first kappa shape index (κ1) is 18.4. The van der Waals surface area contributed by atoms with E-state index in [1.165, 1.54) is 0 Å². The molecule has 0 spiro atoms. The molecule has 0 atom stereocenters. The number of rotatable bonds is 5. The van der Waals surface area contributed by atoms with E-state index in [9.17, 15) is 4.79 Å². The van der Waals surface area contributed by atoms with Crippen molar-refractivity contribution in [3.63, 3.8) is 0 Å². The number of piperidine rings is 1. The van der Waals surface area contributed by atoms with Crippen LogP contribution in [0.15, 0.2) is 36.5 Å². The molecule has 7 heteroatoms. The highest BCUT2D eigenvalue weighted by molar-refractivity contribution is 5.94. The van der Waals surface area contributed by atoms with Crippen LogP contribution in [0.4, 0.5) is 5.95 Å². The fourth-order valence-electron chi connectivity index (χ4n) is 3.66. The Morgan fingerprint density at radius 1 is 1.25 bits per heavy atom. The molecule has 7 nitrogen and oxygen atoms in total. The van der Waals surface area contributed by atoms with E-state index in [-0.39, 0.29) is 11.9 Å². The number of benzene rings is 1. The van der Waals surface area contributed by atoms with Crippen molar-refractivity contribution in [1.29, 1.82) is 0 Å². The van der Waals surface area contributed by atoms with Crippen molar-refractivity contribution in [1.82, 2.24) is 25.1 Å². The third kappa shape index (κ3) is 3.98. The van der Waals surface area contributed by atoms with Gasteiger partial charge in [-0.3, -0.25) is 9.89 Å². The van der Waals surface area contributed by atoms with Gasteiger partial charge in [-0.1, -0.05) is 32.0 Å². The fourth-order valence-corrected chi connectivity index (χ4v) is 3.66. The summed E-state index contributed by atoms with van der Waals surface area (Å²) < 4.78 is 0. The Kier molecular flexibility index (Phi) is 5.23. The maximum Gasteiger partial charge on any atom is 0.253 e. The molecule has 4 rings (SSSR count). The van der Waals surface area contributed by atoms with E-state index in [0.717, 1.165) is 49.0 Å². The minimum absolute atomic E-state index is 0.103. The lowest BCUT2D eigenvalue weighted by atomic mass is 10.0. The number of H-pyrrole nitrogens is 1. The molecule has 28 heavy (non-hydrogen) atoms. The van der Waals surface area contributed by atoms with Gasteiger partial charge in [-0.15, -0.1) is 0 Å². The number of amides is 1. The SMILES string of the molecule is CC(C)Cc1[nH]nc2nc(NC3CCN(C(=O)c4ccccc4)CC3)ncc12. The Morgan fingerprint density at radius 3 is 2.71 bits per heavy atom. The van der Waals surface area contributed by atoms with Crippen LogP contribution < -0.4 is 5.32 Å². The summed E-state index contributed by atoms with van der Waals surface area (Å²) in [7, 11) is 0. The number of nitrogens with zero attached hydrogens (tertiary/aromatic N) is 4. The first-order chi connectivity index (χ1) is 13.6. The van der Waals surface area contributed by atoms with Crippen LogP contribution >= 0.6 is 0 Å². The van der Waals surface area contributed by atoms with Gasteiger partial charge < -0.3 is 10.2 Å². The molecule has 1 fully saturated rings. The van der Waals surface area contributed by atoms with Gasteiger partial charge >= 0.3 is 0 Å². The van der Waals surface area contributed by atoms with Crippen LogP contribution in [0.2, 0.25) is 0 Å². The minimum atomic E-state index is 0.103. The molecule has 0 saturated carbocycles. The number of hydrogen-bond acceptors (Lipinski definition) is 5. The number of carbonyl (C=O) groups excluding carboxylic acids is 1. The molecule has 146 valence electrons. The van der Waals surface area contributed by atoms with Crippen LogP contribution in [-0.2, 0) is 6.42 Å². The zero-order chi connectivity index (χ0) is 19.5. The number of hydrogen-bond donors (Lipinski definition) is 2. The second-order valence-electron chi connectivity index (χ2n) is 7.81. The summed E-state index contributed by atoms with van der Waals surface area (Å²) in [6, 6.07) is 9.72. The highest BCUT2D eigenvalue weighted by atomic mass is 16.2. The number of aromatic amines is 1. The van der Waals surface area contributed by atoms with Gasteiger partial charge in [0.05, 0.1) is 5.39 Å². The Hall–Kier alpha value is -2.96. The average molecular weight is 378 g/mol. The maximum absolute atomic E-state index is 12.6. The minimum Gasteiger partial charge on any atom is -0.351 e. The smallest absolute Gasteiger partial charge is 0.253 e. The van der Waals surface area contributed by atoms with Crippen LogP contribution in [0.3, 0.4) is 0 Å². The lowest BCUT2D eigenvalue weighted by molar-refractivity contribution is 0.0718. The van der Waals surface area contributed by atoms with Gasteiger partial charge in [-0.25, -0.2) is 4.98 Å². The zero-order valence-electron chi connectivity index (χ0n) is 16.4. The molecule has 1 aliphatic rings. The van der Waals surface area contributed by atoms with E-state index in [2.05, 4.69) is 39.3 Å². The van der Waals surface area contributed by atoms with Crippen LogP contribution in [0.1, 0.15) is 42.7 Å². The average Bonchev–Trinajstić information content (AvgIpc) is 3.10. The number of anilines is 1. The summed E-state index contributed by atoms with van der Waals surface area (Å²) in [6.45, 7) is 5.82. The summed E-state index contributed by atoms with van der Waals surface area (Å²) in [4.78, 5) is 23.5. The van der Waals surface area contributed by atoms with Crippen LogP contribution in [0, 0.1) is 5.92 Å². The van der Waals surface area contributed by atoms with E-state index in [4.69, 9.17) is 0 Å². The number of aromatic nitrogens is 4. The van der Waals surface area contributed by atoms with E-state index < -0.39 is 0 Å². The predicted molar refractivity (Wildman–Crippen MR) is 109 cm³/mol. The fraction of sp³-hybridized carbons (Fsp3) is 0.429. The standard InChI is InChI=1S/C21H26N6O/c1-14(2)12-18-17-13-22-21(24-19(17)26-25-18)23-16-8-10-27(11-9-16)20(28)15-6-4-3-5-7-15/h3-7,13-14,16H,8-12H2,1-2H3,(H2,22,23,24,25,26). The molecular formula is C21H26N6O. The molecule has 0 unspecified atom stereocenters. The van der Waals surface area contributed by atoms with Crippen molar-refractivity contribution in [2.24, 2.45) is 5.92 Å². The second kappa shape index (κ2) is 7.96. The van der Waals surface area contributed by atoms with Crippen LogP contribution in [0.5, 0.6) is 0 Å². The highest BCUT2D eigenvalue weighted by Crippen LogP contribution is 2.20. The molecule has 0 aliphatic carbocycles. The van der Waals surface area contributed by atoms with Gasteiger partial charge in [-0.05, 0) is 37.3 Å². The first-order valence-corrected chi connectivity index (χ1v) is 9.91. The molecule has 3 heterocycles. The Bertz CT molecular complexity index is 944. The number of fused-ring (bicyclic) bond motifs is 1. The van der Waals surface area contributed by atoms with E-state index in [0.29, 0.717) is 17.5 Å². The molecule has 1 aromatic carbocycles. The number of likely N-dealkylation sites (tertiary alicyclic amines) is 1. The quantitative estimate of drug-likeness (QED) is 0.712. The third-order valence-corrected chi connectivity index (χ3v) is 5.14. The Labute approximate surface area is 164 Å². The van der Waals surface area contributed by atoms with Gasteiger partial charge in [0.15, 0.2) is 5.65 Å². The normalized spacial score (nSPS) is 15.3. The Balaban J connectivity index is 1.36. The number of carbonyl (C=O) groups is 1. The predicted octanol–water partition coefficient (Wildman–Crippen LogP) is 3.27. The summed E-state index contributed by atoms with van der Waals surface area (Å²) in [5, 5.41) is 11.8. The zero-order valence-corrected chi connectivity index (χ0v) is 16.4. The monoisotopic (exact) mass is 378 g/mol. The van der Waals surface area contributed by atoms with E-state index in [1.807, 2.05) is 41.4 Å². The summed E-state index contributed by atoms with van der Waals surface area (Å²) >= 11 is 0. The Morgan fingerprint density at radius 2 is 2.00 bits per heavy atom. The van der Waals surface area contributed by atoms with Gasteiger partial charge in [0.25, 0.3) is 5.91 Å². The van der Waals surface area contributed by atoms with Crippen molar-refractivity contribution in [3.8, 4) is 0 Å². The molecule has 2 N–H and O–H groups in total. The van der Waals surface area contributed by atoms with Crippen molar-refractivity contribution >= 4 is 22.9 Å². The lowest BCUT2D eigenvalue weighted by Gasteiger charge is -2.32. The van der Waals surface area contributed by atoms with E-state index in [1.54, 1.807) is 0 Å². The maximum atomic E-state index is 12.6. The summed E-state index contributed by atoms with van der Waals surface area (Å²) in [5.74, 6) is 1.25. The van der Waals surface area contributed by atoms with E-state index >= 15 is 0 Å². The van der Waals surface area contributed by atoms with Gasteiger partial charge in [0, 0.05) is 36.6 Å². The third-order valence-electron chi connectivity index (χ3n) is 5.14. The topological polar surface area (TPSA) is 86.8 Å². The van der Waals surface area contributed by atoms with Crippen molar-refractivity contribution < 1.29 is 4.79 Å². The largest absolute Gasteiger partial charge is 0.351 e. The molecule has 0 bridgehead atoms. The van der Waals surface area contributed by atoms with Gasteiger partial charge in [0.2, 0.25) is 5.95 Å². The number of nitrogens with one attached hydrogen (secondary N) is 2. The molecule has 2 aromatic heterocycles. The summed E-state index contributed by atoms with van der Waals surface area (Å²) in [5.41, 5.74) is 2.53. The molecule has 1 aliphatic heterocycles. The summed E-state index contributed by atoms with van der Waals surface area (Å²) in [6.07, 6.45) is 4.53. The van der Waals surface area contributed by atoms with Gasteiger partial charge in [0.1, 0.15) is 0 Å². The van der Waals surface area contributed by atoms with Crippen LogP contribution in [-0.4, -0.2) is 50.1 Å². The van der Waals surface area contributed by atoms with Crippen molar-refractivity contribution in [2.45, 2.75) is 39.2 Å². The molecule has 1 saturated heterocycles. The lowest BCUT2D eigenvalue weighted by Crippen LogP contribution is -2.42. The molecular weight excluding hydrogens is 352 g/mol. The van der Waals surface area contributed by atoms with Crippen molar-refractivity contribution in [3.05, 3.63) is 47.8 Å². The molecule has 3 aromatic rings. The molecule has 0 radical (unpaired) electrons. The molecule has 1 amide bonds. The second-order valence-corrected chi connectivity index (χ2v) is 7.81.